The van der Waals surface area contributed by atoms with Crippen molar-refractivity contribution in [3.05, 3.63) is 36.3 Å². The highest BCUT2D eigenvalue weighted by Crippen LogP contribution is 2.36. The van der Waals surface area contributed by atoms with Gasteiger partial charge in [0, 0.05) is 13.1 Å². The SMILES string of the molecule is [2H]C([2H])([2H])Oc1nc(N[C@H]2CCN(C3COC3)C[C@H]2F)nn2cc(F)c(-c3cc(F)c4ncn(CC(F)F)c4c3)c12. The summed E-state index contributed by atoms with van der Waals surface area (Å²) in [5.41, 5.74) is -0.899. The molecular formula is C24H24F5N7O2. The Morgan fingerprint density at radius 1 is 1.26 bits per heavy atom. The number of ether oxygens (including phenoxy) is 2. The van der Waals surface area contributed by atoms with Gasteiger partial charge < -0.3 is 19.4 Å². The van der Waals surface area contributed by atoms with Gasteiger partial charge >= 0.3 is 0 Å². The third-order valence-electron chi connectivity index (χ3n) is 6.98. The van der Waals surface area contributed by atoms with Crippen LogP contribution in [0.2, 0.25) is 0 Å². The maximum atomic E-state index is 15.4. The lowest BCUT2D eigenvalue weighted by Crippen LogP contribution is -2.57. The minimum absolute atomic E-state index is 0.0228. The number of nitrogens with one attached hydrogen (secondary N) is 1. The third kappa shape index (κ3) is 4.30. The fourth-order valence-corrected chi connectivity index (χ4v) is 5.01. The van der Waals surface area contributed by atoms with Crippen LogP contribution in [0.25, 0.3) is 27.7 Å². The number of halogens is 5. The fraction of sp³-hybridized carbons (Fsp3) is 0.458. The molecule has 4 aromatic rings. The van der Waals surface area contributed by atoms with Crippen molar-refractivity contribution in [2.45, 2.75) is 37.6 Å². The van der Waals surface area contributed by atoms with E-state index in [0.29, 0.717) is 26.2 Å². The Hall–Kier alpha value is -3.52. The molecule has 0 unspecified atom stereocenters. The predicted octanol–water partition coefficient (Wildman–Crippen LogP) is 3.52. The van der Waals surface area contributed by atoms with Gasteiger partial charge in [-0.1, -0.05) is 0 Å². The maximum Gasteiger partial charge on any atom is 0.256 e. The number of imidazole rings is 1. The van der Waals surface area contributed by atoms with Crippen LogP contribution in [0.5, 0.6) is 5.88 Å². The minimum atomic E-state index is -3.02. The topological polar surface area (TPSA) is 81.7 Å². The molecule has 1 N–H and O–H groups in total. The van der Waals surface area contributed by atoms with Gasteiger partial charge in [-0.15, -0.1) is 5.10 Å². The summed E-state index contributed by atoms with van der Waals surface area (Å²) < 4.78 is 107. The molecular weight excluding hydrogens is 513 g/mol. The Morgan fingerprint density at radius 2 is 2.11 bits per heavy atom. The van der Waals surface area contributed by atoms with E-state index in [-0.39, 0.29) is 46.2 Å². The second-order valence-electron chi connectivity index (χ2n) is 9.34. The fourth-order valence-electron chi connectivity index (χ4n) is 5.01. The molecule has 5 heterocycles. The van der Waals surface area contributed by atoms with Crippen LogP contribution in [-0.2, 0) is 11.3 Å². The summed E-state index contributed by atoms with van der Waals surface area (Å²) >= 11 is 0. The lowest BCUT2D eigenvalue weighted by molar-refractivity contribution is -0.0794. The molecule has 0 bridgehead atoms. The van der Waals surface area contributed by atoms with E-state index in [0.717, 1.165) is 27.7 Å². The second-order valence-corrected chi connectivity index (χ2v) is 9.34. The van der Waals surface area contributed by atoms with E-state index >= 15 is 8.78 Å². The zero-order chi connectivity index (χ0) is 29.1. The zero-order valence-electron chi connectivity index (χ0n) is 22.8. The van der Waals surface area contributed by atoms with Crippen molar-refractivity contribution in [1.29, 1.82) is 0 Å². The molecule has 0 radical (unpaired) electrons. The van der Waals surface area contributed by atoms with Gasteiger partial charge in [0.2, 0.25) is 11.8 Å². The predicted molar refractivity (Wildman–Crippen MR) is 127 cm³/mol. The van der Waals surface area contributed by atoms with Gasteiger partial charge in [-0.2, -0.15) is 4.98 Å². The molecule has 3 aromatic heterocycles. The highest BCUT2D eigenvalue weighted by atomic mass is 19.3. The molecule has 2 saturated heterocycles. The van der Waals surface area contributed by atoms with Crippen molar-refractivity contribution in [2.24, 2.45) is 0 Å². The van der Waals surface area contributed by atoms with E-state index in [1.807, 2.05) is 4.90 Å². The lowest BCUT2D eigenvalue weighted by atomic mass is 10.0. The summed E-state index contributed by atoms with van der Waals surface area (Å²) in [4.78, 5) is 9.94. The van der Waals surface area contributed by atoms with Crippen molar-refractivity contribution in [3.8, 4) is 17.0 Å². The molecule has 1 aromatic carbocycles. The molecule has 2 atom stereocenters. The van der Waals surface area contributed by atoms with Crippen LogP contribution >= 0.6 is 0 Å². The van der Waals surface area contributed by atoms with E-state index in [2.05, 4.69) is 20.4 Å². The molecule has 202 valence electrons. The van der Waals surface area contributed by atoms with Gasteiger partial charge in [-0.3, -0.25) is 4.90 Å². The Balaban J connectivity index is 1.39. The molecule has 14 heteroatoms. The molecule has 2 fully saturated rings. The highest BCUT2D eigenvalue weighted by Gasteiger charge is 2.36. The zero-order valence-corrected chi connectivity index (χ0v) is 19.8. The van der Waals surface area contributed by atoms with Crippen LogP contribution in [0.1, 0.15) is 10.5 Å². The van der Waals surface area contributed by atoms with Crippen molar-refractivity contribution in [3.63, 3.8) is 0 Å². The number of likely N-dealkylation sites (tertiary alicyclic amines) is 1. The molecule has 0 amide bonds. The summed E-state index contributed by atoms with van der Waals surface area (Å²) in [6.07, 6.45) is -1.71. The standard InChI is InChI=1S/C24H24F5N7O2/c1-37-23-22-20(12-4-14(25)21-18(5-12)35(11-30-21)8-19(28)29)16(27)7-36(22)33-24(32-23)31-17-2-3-34(6-15(17)26)13-9-38-10-13/h4-5,7,11,13,15,17,19H,2-3,6,8-10H2,1H3,(H,31,33)/t15-,17+/m1/s1/i1D3. The number of hydrogen-bond acceptors (Lipinski definition) is 7. The van der Waals surface area contributed by atoms with Crippen molar-refractivity contribution < 1.29 is 35.5 Å². The molecule has 0 saturated carbocycles. The first-order chi connectivity index (χ1) is 19.5. The number of aromatic nitrogens is 5. The maximum absolute atomic E-state index is 15.4. The number of benzene rings is 1. The molecule has 0 aliphatic carbocycles. The van der Waals surface area contributed by atoms with Crippen molar-refractivity contribution in [1.82, 2.24) is 29.0 Å². The first-order valence-electron chi connectivity index (χ1n) is 13.4. The number of fused-ring (bicyclic) bond motifs is 2. The van der Waals surface area contributed by atoms with Crippen LogP contribution in [0.4, 0.5) is 27.9 Å². The molecule has 2 aliphatic heterocycles. The highest BCUT2D eigenvalue weighted by molar-refractivity contribution is 5.90. The van der Waals surface area contributed by atoms with Gasteiger partial charge in [0.1, 0.15) is 17.2 Å². The Morgan fingerprint density at radius 3 is 2.82 bits per heavy atom. The Labute approximate surface area is 217 Å². The van der Waals surface area contributed by atoms with Crippen molar-refractivity contribution >= 4 is 22.5 Å². The largest absolute Gasteiger partial charge is 0.479 e. The number of hydrogen-bond donors (Lipinski definition) is 1. The van der Waals surface area contributed by atoms with Gasteiger partial charge in [-0.25, -0.2) is 31.5 Å². The first-order valence-corrected chi connectivity index (χ1v) is 11.9. The van der Waals surface area contributed by atoms with E-state index in [1.165, 1.54) is 6.07 Å². The van der Waals surface area contributed by atoms with Crippen LogP contribution in [0.3, 0.4) is 0 Å². The van der Waals surface area contributed by atoms with Crippen LogP contribution in [0, 0.1) is 11.6 Å². The van der Waals surface area contributed by atoms with Gasteiger partial charge in [0.25, 0.3) is 6.43 Å². The summed E-state index contributed by atoms with van der Waals surface area (Å²) in [5, 5.41) is 7.06. The smallest absolute Gasteiger partial charge is 0.256 e. The number of piperidine rings is 1. The monoisotopic (exact) mass is 540 g/mol. The molecule has 38 heavy (non-hydrogen) atoms. The average Bonchev–Trinajstić information content (AvgIpc) is 3.39. The van der Waals surface area contributed by atoms with E-state index in [4.69, 9.17) is 13.6 Å². The number of rotatable bonds is 7. The number of nitrogens with zero attached hydrogens (tertiary/aromatic N) is 6. The number of alkyl halides is 3. The third-order valence-corrected chi connectivity index (χ3v) is 6.98. The van der Waals surface area contributed by atoms with Crippen LogP contribution in [0.15, 0.2) is 24.7 Å². The van der Waals surface area contributed by atoms with E-state index < -0.39 is 49.7 Å². The normalized spacial score (nSPS) is 22.4. The average molecular weight is 541 g/mol. The number of methoxy groups -OCH3 is 1. The summed E-state index contributed by atoms with van der Waals surface area (Å²) in [7, 11) is -3.02. The molecule has 6 rings (SSSR count). The second kappa shape index (κ2) is 9.66. The van der Waals surface area contributed by atoms with Crippen LogP contribution < -0.4 is 10.1 Å². The van der Waals surface area contributed by atoms with Gasteiger partial charge in [-0.05, 0) is 24.1 Å². The van der Waals surface area contributed by atoms with E-state index in [9.17, 15) is 13.2 Å². The summed E-state index contributed by atoms with van der Waals surface area (Å²) in [6.45, 7) is 1.07. The van der Waals surface area contributed by atoms with Gasteiger partial charge in [0.05, 0.1) is 66.6 Å². The Bertz CT molecular complexity index is 1590. The summed E-state index contributed by atoms with van der Waals surface area (Å²) in [5.74, 6) is -2.62. The Kier molecular flexibility index (Phi) is 5.44. The van der Waals surface area contributed by atoms with Crippen molar-refractivity contribution in [2.75, 3.05) is 38.7 Å². The molecule has 2 aliphatic rings. The quantitative estimate of drug-likeness (QED) is 0.360. The minimum Gasteiger partial charge on any atom is -0.479 e. The van der Waals surface area contributed by atoms with E-state index in [1.54, 1.807) is 0 Å². The van der Waals surface area contributed by atoms with Gasteiger partial charge in [0.15, 0.2) is 11.6 Å². The van der Waals surface area contributed by atoms with Crippen LogP contribution in [-0.4, -0.2) is 87.1 Å². The summed E-state index contributed by atoms with van der Waals surface area (Å²) in [6, 6.07) is 1.66. The molecule has 9 nitrogen and oxygen atoms in total. The molecule has 0 spiro atoms. The lowest BCUT2D eigenvalue weighted by Gasteiger charge is -2.42. The number of anilines is 1. The first kappa shape index (κ1) is 21.4.